The van der Waals surface area contributed by atoms with Crippen LogP contribution < -0.4 is 15.4 Å². The Bertz CT molecular complexity index is 1300. The number of anilines is 2. The van der Waals surface area contributed by atoms with Crippen molar-refractivity contribution in [3.05, 3.63) is 82.8 Å². The fraction of sp³-hybridized carbons (Fsp3) is 0.360. The zero-order chi connectivity index (χ0) is 24.3. The number of hydrogen-bond acceptors (Lipinski definition) is 7. The number of ether oxygens (including phenoxy) is 1. The van der Waals surface area contributed by atoms with Crippen molar-refractivity contribution in [3.8, 4) is 5.69 Å². The predicted molar refractivity (Wildman–Crippen MR) is 136 cm³/mol. The summed E-state index contributed by atoms with van der Waals surface area (Å²) < 4.78 is 34.5. The normalized spacial score (nSPS) is 17.5. The van der Waals surface area contributed by atoms with Gasteiger partial charge < -0.3 is 14.5 Å². The molecule has 0 spiro atoms. The van der Waals surface area contributed by atoms with E-state index >= 15 is 0 Å². The van der Waals surface area contributed by atoms with Gasteiger partial charge in [-0.1, -0.05) is 48.5 Å². The molecule has 9 nitrogen and oxygen atoms in total. The molecule has 3 aromatic rings. The number of benzene rings is 2. The van der Waals surface area contributed by atoms with E-state index in [9.17, 15) is 13.2 Å². The molecule has 2 fully saturated rings. The fourth-order valence-corrected chi connectivity index (χ4v) is 6.10. The monoisotopic (exact) mass is 495 g/mol. The second kappa shape index (κ2) is 10.2. The molecule has 184 valence electrons. The maximum atomic E-state index is 13.6. The number of hydrogen-bond donors (Lipinski definition) is 0. The van der Waals surface area contributed by atoms with Crippen LogP contribution in [0.3, 0.4) is 0 Å². The number of rotatable bonds is 6. The summed E-state index contributed by atoms with van der Waals surface area (Å²) in [6.07, 6.45) is 1.73. The molecule has 0 radical (unpaired) electrons. The summed E-state index contributed by atoms with van der Waals surface area (Å²) >= 11 is 0. The van der Waals surface area contributed by atoms with Crippen LogP contribution in [0.5, 0.6) is 0 Å². The van der Waals surface area contributed by atoms with Gasteiger partial charge >= 0.3 is 0 Å². The third kappa shape index (κ3) is 5.09. The van der Waals surface area contributed by atoms with Crippen LogP contribution in [0.2, 0.25) is 0 Å². The fourth-order valence-electron chi connectivity index (χ4n) is 4.59. The highest BCUT2D eigenvalue weighted by Gasteiger charge is 2.30. The van der Waals surface area contributed by atoms with Crippen LogP contribution in [0.4, 0.5) is 11.4 Å². The number of morpholine rings is 1. The highest BCUT2D eigenvalue weighted by molar-refractivity contribution is 7.88. The lowest BCUT2D eigenvalue weighted by molar-refractivity contribution is 0.122. The molecule has 2 saturated heterocycles. The molecule has 10 heteroatoms. The number of sulfonamides is 1. The molecule has 0 aliphatic carbocycles. The first-order valence-electron chi connectivity index (χ1n) is 11.8. The van der Waals surface area contributed by atoms with E-state index in [2.05, 4.69) is 14.9 Å². The molecule has 0 atom stereocenters. The third-order valence-electron chi connectivity index (χ3n) is 6.43. The molecule has 2 aliphatic heterocycles. The number of nitrogens with zero attached hydrogens (tertiary/aromatic N) is 5. The highest BCUT2D eigenvalue weighted by atomic mass is 32.2. The van der Waals surface area contributed by atoms with Gasteiger partial charge in [0.15, 0.2) is 0 Å². The first-order valence-corrected chi connectivity index (χ1v) is 13.4. The molecule has 2 aliphatic rings. The quantitative estimate of drug-likeness (QED) is 0.515. The summed E-state index contributed by atoms with van der Waals surface area (Å²) in [5.74, 6) is -0.0124. The van der Waals surface area contributed by atoms with Crippen molar-refractivity contribution < 1.29 is 13.2 Å². The number of piperazine rings is 1. The standard InChI is InChI=1S/C25H29N5O4S/c31-25-24(28-15-17-34-18-16-28)23(19-26-30(25)22-9-5-2-6-10-22)27-11-13-29(14-12-27)35(32,33)20-21-7-3-1-4-8-21/h1-10,19H,11-18,20H2. The van der Waals surface area contributed by atoms with Crippen LogP contribution in [-0.2, 0) is 20.5 Å². The first-order chi connectivity index (χ1) is 17.0. The van der Waals surface area contributed by atoms with Gasteiger partial charge in [0.25, 0.3) is 5.56 Å². The van der Waals surface area contributed by atoms with Gasteiger partial charge in [-0.25, -0.2) is 8.42 Å². The minimum Gasteiger partial charge on any atom is -0.378 e. The first kappa shape index (κ1) is 23.5. The molecule has 35 heavy (non-hydrogen) atoms. The van der Waals surface area contributed by atoms with Gasteiger partial charge in [-0.3, -0.25) is 4.79 Å². The molecule has 0 unspecified atom stereocenters. The summed E-state index contributed by atoms with van der Waals surface area (Å²) in [6.45, 7) is 4.04. The van der Waals surface area contributed by atoms with E-state index in [4.69, 9.17) is 4.74 Å². The Kier molecular flexibility index (Phi) is 6.85. The lowest BCUT2D eigenvalue weighted by atomic mass is 10.2. The zero-order valence-corrected chi connectivity index (χ0v) is 20.3. The minimum atomic E-state index is -3.43. The molecular formula is C25H29N5O4S. The summed E-state index contributed by atoms with van der Waals surface area (Å²) in [5.41, 5.74) is 2.63. The van der Waals surface area contributed by atoms with Crippen molar-refractivity contribution in [1.29, 1.82) is 0 Å². The van der Waals surface area contributed by atoms with E-state index in [1.165, 1.54) is 4.68 Å². The topological polar surface area (TPSA) is 88.0 Å². The molecule has 0 amide bonds. The Morgan fingerprint density at radius 1 is 0.800 bits per heavy atom. The minimum absolute atomic E-state index is 0.0124. The Balaban J connectivity index is 1.40. The molecule has 0 bridgehead atoms. The van der Waals surface area contributed by atoms with Crippen LogP contribution >= 0.6 is 0 Å². The maximum absolute atomic E-state index is 13.6. The van der Waals surface area contributed by atoms with Crippen molar-refractivity contribution >= 4 is 21.4 Å². The lowest BCUT2D eigenvalue weighted by Crippen LogP contribution is -2.50. The van der Waals surface area contributed by atoms with Crippen LogP contribution in [0.15, 0.2) is 71.7 Å². The maximum Gasteiger partial charge on any atom is 0.297 e. The zero-order valence-electron chi connectivity index (χ0n) is 19.5. The van der Waals surface area contributed by atoms with Crippen molar-refractivity contribution in [3.63, 3.8) is 0 Å². The molecule has 5 rings (SSSR count). The lowest BCUT2D eigenvalue weighted by Gasteiger charge is -2.38. The Morgan fingerprint density at radius 3 is 2.09 bits per heavy atom. The van der Waals surface area contributed by atoms with Gasteiger partial charge in [0.2, 0.25) is 10.0 Å². The van der Waals surface area contributed by atoms with E-state index in [1.807, 2.05) is 60.7 Å². The van der Waals surface area contributed by atoms with E-state index in [-0.39, 0.29) is 11.3 Å². The van der Waals surface area contributed by atoms with E-state index in [0.717, 1.165) is 11.3 Å². The van der Waals surface area contributed by atoms with Crippen LogP contribution in [0.25, 0.3) is 5.69 Å². The van der Waals surface area contributed by atoms with E-state index < -0.39 is 10.0 Å². The van der Waals surface area contributed by atoms with Gasteiger partial charge in [0.1, 0.15) is 5.69 Å². The summed E-state index contributed by atoms with van der Waals surface area (Å²) in [7, 11) is -3.43. The average Bonchev–Trinajstić information content (AvgIpc) is 2.90. The summed E-state index contributed by atoms with van der Waals surface area (Å²) in [6, 6.07) is 18.6. The largest absolute Gasteiger partial charge is 0.378 e. The van der Waals surface area contributed by atoms with Crippen molar-refractivity contribution in [1.82, 2.24) is 14.1 Å². The van der Waals surface area contributed by atoms with Gasteiger partial charge in [0, 0.05) is 39.3 Å². The molecule has 3 heterocycles. The van der Waals surface area contributed by atoms with Crippen LogP contribution in [0, 0.1) is 0 Å². The van der Waals surface area contributed by atoms with Gasteiger partial charge in [-0.05, 0) is 17.7 Å². The van der Waals surface area contributed by atoms with E-state index in [1.54, 1.807) is 10.5 Å². The summed E-state index contributed by atoms with van der Waals surface area (Å²) in [4.78, 5) is 17.8. The smallest absolute Gasteiger partial charge is 0.297 e. The predicted octanol–water partition coefficient (Wildman–Crippen LogP) is 1.72. The SMILES string of the molecule is O=c1c(N2CCOCC2)c(N2CCN(S(=O)(=O)Cc3ccccc3)CC2)cnn1-c1ccccc1. The van der Waals surface area contributed by atoms with Gasteiger partial charge in [-0.15, -0.1) is 0 Å². The Hall–Kier alpha value is -3.21. The molecule has 2 aromatic carbocycles. The second-order valence-corrected chi connectivity index (χ2v) is 10.6. The molecule has 1 aromatic heterocycles. The summed E-state index contributed by atoms with van der Waals surface area (Å²) in [5, 5.41) is 4.48. The van der Waals surface area contributed by atoms with Crippen LogP contribution in [-0.4, -0.2) is 75.0 Å². The van der Waals surface area contributed by atoms with Gasteiger partial charge in [-0.2, -0.15) is 14.1 Å². The number of para-hydroxylation sites is 1. The Morgan fingerprint density at radius 2 is 1.43 bits per heavy atom. The Labute approximate surface area is 205 Å². The van der Waals surface area contributed by atoms with Crippen molar-refractivity contribution in [2.24, 2.45) is 0 Å². The van der Waals surface area contributed by atoms with Crippen LogP contribution in [0.1, 0.15) is 5.56 Å². The third-order valence-corrected chi connectivity index (χ3v) is 8.28. The average molecular weight is 496 g/mol. The van der Waals surface area contributed by atoms with Crippen molar-refractivity contribution in [2.75, 3.05) is 62.3 Å². The second-order valence-electron chi connectivity index (χ2n) is 8.66. The molecule has 0 saturated carbocycles. The van der Waals surface area contributed by atoms with Gasteiger partial charge in [0.05, 0.1) is 36.5 Å². The highest BCUT2D eigenvalue weighted by Crippen LogP contribution is 2.28. The van der Waals surface area contributed by atoms with Crippen molar-refractivity contribution in [2.45, 2.75) is 5.75 Å². The number of aromatic nitrogens is 2. The van der Waals surface area contributed by atoms with E-state index in [0.29, 0.717) is 63.9 Å². The molecule has 0 N–H and O–H groups in total. The molecular weight excluding hydrogens is 466 g/mol.